The van der Waals surface area contributed by atoms with Gasteiger partial charge < -0.3 is 9.73 Å². The van der Waals surface area contributed by atoms with Gasteiger partial charge in [-0.1, -0.05) is 30.8 Å². The van der Waals surface area contributed by atoms with Gasteiger partial charge in [0.25, 0.3) is 5.22 Å². The fraction of sp³-hybridized carbons (Fsp3) is 0.176. The van der Waals surface area contributed by atoms with E-state index in [1.165, 1.54) is 11.8 Å². The molecule has 118 valence electrons. The van der Waals surface area contributed by atoms with Gasteiger partial charge in [-0.15, -0.1) is 0 Å². The molecule has 0 aliphatic carbocycles. The number of amides is 1. The van der Waals surface area contributed by atoms with E-state index in [9.17, 15) is 4.79 Å². The standard InChI is InChI=1S/C17H15IN2O2S/c1-2-15(16(21)19-12-9-7-11(18)8-10-12)23-17-20-13-5-3-4-6-14(13)22-17/h3-10,15H,2H2,1H3,(H,19,21). The highest BCUT2D eigenvalue weighted by Gasteiger charge is 2.21. The van der Waals surface area contributed by atoms with Crippen molar-refractivity contribution >= 4 is 57.0 Å². The highest BCUT2D eigenvalue weighted by molar-refractivity contribution is 14.1. The summed E-state index contributed by atoms with van der Waals surface area (Å²) >= 11 is 3.59. The quantitative estimate of drug-likeness (QED) is 0.453. The summed E-state index contributed by atoms with van der Waals surface area (Å²) in [6.07, 6.45) is 0.694. The van der Waals surface area contributed by atoms with Gasteiger partial charge in [-0.3, -0.25) is 4.79 Å². The summed E-state index contributed by atoms with van der Waals surface area (Å²) in [6, 6.07) is 15.3. The van der Waals surface area contributed by atoms with Crippen LogP contribution in [0.2, 0.25) is 0 Å². The minimum absolute atomic E-state index is 0.0408. The largest absolute Gasteiger partial charge is 0.431 e. The molecular weight excluding hydrogens is 423 g/mol. The number of fused-ring (bicyclic) bond motifs is 1. The third kappa shape index (κ3) is 4.06. The molecule has 4 nitrogen and oxygen atoms in total. The van der Waals surface area contributed by atoms with E-state index in [4.69, 9.17) is 4.42 Å². The van der Waals surface area contributed by atoms with Crippen LogP contribution in [0.5, 0.6) is 0 Å². The van der Waals surface area contributed by atoms with Crippen LogP contribution in [0.1, 0.15) is 13.3 Å². The Labute approximate surface area is 152 Å². The van der Waals surface area contributed by atoms with E-state index in [0.717, 1.165) is 20.4 Å². The Bertz CT molecular complexity index is 784. The van der Waals surface area contributed by atoms with Gasteiger partial charge in [0, 0.05) is 9.26 Å². The van der Waals surface area contributed by atoms with E-state index >= 15 is 0 Å². The number of carbonyl (C=O) groups is 1. The molecule has 1 unspecified atom stereocenters. The summed E-state index contributed by atoms with van der Waals surface area (Å²) in [6.45, 7) is 1.98. The van der Waals surface area contributed by atoms with Gasteiger partial charge in [0.2, 0.25) is 5.91 Å². The highest BCUT2D eigenvalue weighted by Crippen LogP contribution is 2.29. The molecule has 0 fully saturated rings. The lowest BCUT2D eigenvalue weighted by atomic mass is 10.3. The van der Waals surface area contributed by atoms with Crippen molar-refractivity contribution in [2.45, 2.75) is 23.8 Å². The van der Waals surface area contributed by atoms with Crippen LogP contribution in [0.4, 0.5) is 5.69 Å². The second-order valence-electron chi connectivity index (χ2n) is 4.96. The number of para-hydroxylation sites is 2. The van der Waals surface area contributed by atoms with E-state index in [-0.39, 0.29) is 11.2 Å². The predicted molar refractivity (Wildman–Crippen MR) is 102 cm³/mol. The van der Waals surface area contributed by atoms with Gasteiger partial charge in [0.15, 0.2) is 5.58 Å². The molecule has 0 radical (unpaired) electrons. The molecule has 1 aromatic heterocycles. The molecule has 0 aliphatic rings. The first-order valence-corrected chi connectivity index (χ1v) is 9.20. The van der Waals surface area contributed by atoms with Crippen LogP contribution in [0, 0.1) is 3.57 Å². The Balaban J connectivity index is 1.71. The number of anilines is 1. The second-order valence-corrected chi connectivity index (χ2v) is 7.36. The van der Waals surface area contributed by atoms with E-state index < -0.39 is 0 Å². The summed E-state index contributed by atoms with van der Waals surface area (Å²) in [5, 5.41) is 3.22. The van der Waals surface area contributed by atoms with Gasteiger partial charge in [-0.25, -0.2) is 4.98 Å². The first-order valence-electron chi connectivity index (χ1n) is 7.24. The van der Waals surface area contributed by atoms with Crippen molar-refractivity contribution in [2.24, 2.45) is 0 Å². The lowest BCUT2D eigenvalue weighted by Gasteiger charge is -2.12. The lowest BCUT2D eigenvalue weighted by molar-refractivity contribution is -0.115. The summed E-state index contributed by atoms with van der Waals surface area (Å²) in [7, 11) is 0. The number of nitrogens with zero attached hydrogens (tertiary/aromatic N) is 1. The molecule has 0 aliphatic heterocycles. The summed E-state index contributed by atoms with van der Waals surface area (Å²) in [4.78, 5) is 16.9. The average Bonchev–Trinajstić information content (AvgIpc) is 2.97. The Hall–Kier alpha value is -1.54. The lowest BCUT2D eigenvalue weighted by Crippen LogP contribution is -2.24. The van der Waals surface area contributed by atoms with Crippen molar-refractivity contribution in [2.75, 3.05) is 5.32 Å². The van der Waals surface area contributed by atoms with Gasteiger partial charge in [-0.05, 0) is 65.4 Å². The molecule has 0 spiro atoms. The fourth-order valence-corrected chi connectivity index (χ4v) is 3.33. The molecule has 1 atom stereocenters. The molecule has 2 aromatic carbocycles. The molecule has 3 rings (SSSR count). The molecule has 6 heteroatoms. The van der Waals surface area contributed by atoms with Crippen molar-refractivity contribution in [3.8, 4) is 0 Å². The van der Waals surface area contributed by atoms with E-state index in [2.05, 4.69) is 32.9 Å². The molecule has 0 saturated heterocycles. The molecule has 23 heavy (non-hydrogen) atoms. The molecule has 1 N–H and O–H groups in total. The molecule has 0 bridgehead atoms. The van der Waals surface area contributed by atoms with Gasteiger partial charge in [-0.2, -0.15) is 0 Å². The zero-order chi connectivity index (χ0) is 16.2. The van der Waals surface area contributed by atoms with Crippen molar-refractivity contribution < 1.29 is 9.21 Å². The number of aromatic nitrogens is 1. The number of halogens is 1. The van der Waals surface area contributed by atoms with Gasteiger partial charge in [0.1, 0.15) is 5.52 Å². The molecule has 1 amide bonds. The van der Waals surface area contributed by atoms with Crippen molar-refractivity contribution in [1.82, 2.24) is 4.98 Å². The maximum Gasteiger partial charge on any atom is 0.257 e. The number of hydrogen-bond acceptors (Lipinski definition) is 4. The van der Waals surface area contributed by atoms with Crippen molar-refractivity contribution in [3.05, 3.63) is 52.1 Å². The minimum Gasteiger partial charge on any atom is -0.431 e. The molecule has 3 aromatic rings. The van der Waals surface area contributed by atoms with Crippen LogP contribution >= 0.6 is 34.4 Å². The molecule has 0 saturated carbocycles. The predicted octanol–water partition coefficient (Wildman–Crippen LogP) is 4.94. The minimum atomic E-state index is -0.248. The van der Waals surface area contributed by atoms with Gasteiger partial charge >= 0.3 is 0 Å². The van der Waals surface area contributed by atoms with E-state index in [0.29, 0.717) is 11.6 Å². The number of hydrogen-bond donors (Lipinski definition) is 1. The number of oxazole rings is 1. The van der Waals surface area contributed by atoms with Crippen molar-refractivity contribution in [1.29, 1.82) is 0 Å². The Kier molecular flexibility index (Phi) is 5.22. The maximum atomic E-state index is 12.4. The average molecular weight is 438 g/mol. The zero-order valence-electron chi connectivity index (χ0n) is 12.5. The number of rotatable bonds is 5. The van der Waals surface area contributed by atoms with Crippen LogP contribution in [-0.4, -0.2) is 16.1 Å². The number of nitrogens with one attached hydrogen (secondary N) is 1. The number of thioether (sulfide) groups is 1. The van der Waals surface area contributed by atoms with E-state index in [1.807, 2.05) is 55.5 Å². The summed E-state index contributed by atoms with van der Waals surface area (Å²) in [5.74, 6) is -0.0408. The molecular formula is C17H15IN2O2S. The van der Waals surface area contributed by atoms with E-state index in [1.54, 1.807) is 0 Å². The normalized spacial score (nSPS) is 12.3. The highest BCUT2D eigenvalue weighted by atomic mass is 127. The maximum absolute atomic E-state index is 12.4. The topological polar surface area (TPSA) is 55.1 Å². The van der Waals surface area contributed by atoms with Crippen LogP contribution in [0.3, 0.4) is 0 Å². The van der Waals surface area contributed by atoms with Crippen molar-refractivity contribution in [3.63, 3.8) is 0 Å². The molecule has 1 heterocycles. The van der Waals surface area contributed by atoms with Crippen LogP contribution in [0.15, 0.2) is 58.2 Å². The Morgan fingerprint density at radius 3 is 2.70 bits per heavy atom. The fourth-order valence-electron chi connectivity index (χ4n) is 2.10. The Morgan fingerprint density at radius 1 is 1.26 bits per heavy atom. The monoisotopic (exact) mass is 438 g/mol. The smallest absolute Gasteiger partial charge is 0.257 e. The van der Waals surface area contributed by atoms with Crippen LogP contribution in [0.25, 0.3) is 11.1 Å². The number of carbonyl (C=O) groups excluding carboxylic acids is 1. The summed E-state index contributed by atoms with van der Waals surface area (Å²) < 4.78 is 6.82. The van der Waals surface area contributed by atoms with Crippen LogP contribution in [-0.2, 0) is 4.79 Å². The van der Waals surface area contributed by atoms with Gasteiger partial charge in [0.05, 0.1) is 5.25 Å². The Morgan fingerprint density at radius 2 is 2.00 bits per heavy atom. The second kappa shape index (κ2) is 7.35. The first kappa shape index (κ1) is 16.3. The third-order valence-electron chi connectivity index (χ3n) is 3.29. The zero-order valence-corrected chi connectivity index (χ0v) is 15.4. The summed E-state index contributed by atoms with van der Waals surface area (Å²) in [5.41, 5.74) is 2.35. The SMILES string of the molecule is CCC(Sc1nc2ccccc2o1)C(=O)Nc1ccc(I)cc1. The van der Waals surface area contributed by atoms with Crippen LogP contribution < -0.4 is 5.32 Å². The first-order chi connectivity index (χ1) is 11.2. The third-order valence-corrected chi connectivity index (χ3v) is 5.22. The number of benzene rings is 2.